The van der Waals surface area contributed by atoms with Crippen molar-refractivity contribution >= 4 is 50.1 Å². The third-order valence-electron chi connectivity index (χ3n) is 6.32. The second kappa shape index (κ2) is 10.8. The maximum atomic E-state index is 13.4. The van der Waals surface area contributed by atoms with E-state index in [9.17, 15) is 13.2 Å². The Labute approximate surface area is 226 Å². The molecule has 0 radical (unpaired) electrons. The Morgan fingerprint density at radius 1 is 1.19 bits per heavy atom. The number of nitrogens with zero attached hydrogens (tertiary/aromatic N) is 3. The molecule has 2 aliphatic rings. The van der Waals surface area contributed by atoms with Gasteiger partial charge in [0.05, 0.1) is 34.7 Å². The third kappa shape index (κ3) is 5.66. The van der Waals surface area contributed by atoms with Crippen LogP contribution in [0.5, 0.6) is 5.75 Å². The number of rotatable bonds is 8. The van der Waals surface area contributed by atoms with Gasteiger partial charge in [0.2, 0.25) is 0 Å². The van der Waals surface area contributed by atoms with Crippen molar-refractivity contribution in [2.24, 2.45) is 0 Å². The van der Waals surface area contributed by atoms with Gasteiger partial charge in [0.15, 0.2) is 9.84 Å². The van der Waals surface area contributed by atoms with Crippen molar-refractivity contribution < 1.29 is 17.9 Å². The van der Waals surface area contributed by atoms with Gasteiger partial charge in [0.1, 0.15) is 15.8 Å². The molecule has 1 aromatic heterocycles. The average molecular weight is 554 g/mol. The number of carbonyl (C=O) groups is 1. The number of thioether (sulfide) groups is 1. The Morgan fingerprint density at radius 3 is 2.73 bits per heavy atom. The first-order chi connectivity index (χ1) is 17.8. The number of hydrogen-bond acceptors (Lipinski definition) is 7. The van der Waals surface area contributed by atoms with Crippen LogP contribution in [0.3, 0.4) is 0 Å². The highest BCUT2D eigenvalue weighted by Gasteiger charge is 2.42. The Morgan fingerprint density at radius 2 is 2.00 bits per heavy atom. The van der Waals surface area contributed by atoms with Crippen LogP contribution in [0.2, 0.25) is 0 Å². The van der Waals surface area contributed by atoms with Gasteiger partial charge in [0.25, 0.3) is 5.91 Å². The van der Waals surface area contributed by atoms with Crippen LogP contribution in [0.25, 0.3) is 23.0 Å². The molecule has 10 heteroatoms. The van der Waals surface area contributed by atoms with Crippen molar-refractivity contribution in [1.82, 2.24) is 14.7 Å². The molecule has 1 atom stereocenters. The molecule has 1 unspecified atom stereocenters. The summed E-state index contributed by atoms with van der Waals surface area (Å²) in [6, 6.07) is 17.1. The van der Waals surface area contributed by atoms with Gasteiger partial charge >= 0.3 is 0 Å². The molecule has 0 saturated carbocycles. The van der Waals surface area contributed by atoms with Gasteiger partial charge in [-0.05, 0) is 43.2 Å². The zero-order chi connectivity index (χ0) is 26.0. The van der Waals surface area contributed by atoms with E-state index in [0.717, 1.165) is 35.4 Å². The fourth-order valence-electron chi connectivity index (χ4n) is 4.41. The number of amides is 1. The summed E-state index contributed by atoms with van der Waals surface area (Å²) >= 11 is 6.69. The molecule has 0 spiro atoms. The van der Waals surface area contributed by atoms with Crippen LogP contribution in [-0.2, 0) is 14.6 Å². The summed E-state index contributed by atoms with van der Waals surface area (Å²) in [6.07, 6.45) is 6.12. The van der Waals surface area contributed by atoms with Crippen molar-refractivity contribution in [1.29, 1.82) is 0 Å². The van der Waals surface area contributed by atoms with Gasteiger partial charge in [-0.25, -0.2) is 13.1 Å². The van der Waals surface area contributed by atoms with Crippen LogP contribution in [0.4, 0.5) is 0 Å². The normalized spacial score (nSPS) is 20.2. The lowest BCUT2D eigenvalue weighted by atomic mass is 10.1. The standard InChI is InChI=1S/C27H27N3O4S3/c1-2-3-13-34-23-11-7-8-19(15-23)25-20(17-29(28-25)21-9-5-4-6-10-21)16-24-26(31)30(27(35)36-24)22-12-14-37(32,33)18-22/h4-11,15-17,22H,2-3,12-14,18H2,1H3/b24-16-. The molecule has 0 N–H and O–H groups in total. The average Bonchev–Trinajstić information content (AvgIpc) is 3.55. The fraction of sp³-hybridized carbons (Fsp3) is 0.296. The van der Waals surface area contributed by atoms with Crippen molar-refractivity contribution in [2.75, 3.05) is 18.1 Å². The van der Waals surface area contributed by atoms with Crippen LogP contribution < -0.4 is 4.74 Å². The smallest absolute Gasteiger partial charge is 0.266 e. The number of sulfone groups is 1. The van der Waals surface area contributed by atoms with Crippen molar-refractivity contribution in [3.8, 4) is 22.7 Å². The molecule has 5 rings (SSSR count). The summed E-state index contributed by atoms with van der Waals surface area (Å²) in [5.41, 5.74) is 3.22. The maximum Gasteiger partial charge on any atom is 0.266 e. The summed E-state index contributed by atoms with van der Waals surface area (Å²) in [6.45, 7) is 2.77. The molecule has 192 valence electrons. The summed E-state index contributed by atoms with van der Waals surface area (Å²) in [4.78, 5) is 15.3. The predicted octanol–water partition coefficient (Wildman–Crippen LogP) is 5.11. The first-order valence-corrected chi connectivity index (χ1v) is 15.2. The highest BCUT2D eigenvalue weighted by Crippen LogP contribution is 2.38. The Bertz CT molecular complexity index is 1470. The zero-order valence-corrected chi connectivity index (χ0v) is 22.8. The highest BCUT2D eigenvalue weighted by atomic mass is 32.2. The van der Waals surface area contributed by atoms with Crippen LogP contribution in [0.15, 0.2) is 65.7 Å². The first kappa shape index (κ1) is 25.7. The third-order valence-corrected chi connectivity index (χ3v) is 9.40. The van der Waals surface area contributed by atoms with Crippen LogP contribution >= 0.6 is 24.0 Å². The molecular formula is C27H27N3O4S3. The number of thiocarbonyl (C=S) groups is 1. The molecule has 7 nitrogen and oxygen atoms in total. The van der Waals surface area contributed by atoms with E-state index in [1.807, 2.05) is 60.8 Å². The number of hydrogen-bond donors (Lipinski definition) is 0. The van der Waals surface area contributed by atoms with E-state index in [1.165, 1.54) is 16.7 Å². The Kier molecular flexibility index (Phi) is 7.50. The molecule has 1 amide bonds. The predicted molar refractivity (Wildman–Crippen MR) is 151 cm³/mol. The van der Waals surface area contributed by atoms with E-state index >= 15 is 0 Å². The molecule has 3 aromatic rings. The van der Waals surface area contributed by atoms with Crippen molar-refractivity contribution in [3.63, 3.8) is 0 Å². The minimum atomic E-state index is -3.15. The lowest BCUT2D eigenvalue weighted by Crippen LogP contribution is -2.39. The Balaban J connectivity index is 1.51. The summed E-state index contributed by atoms with van der Waals surface area (Å²) in [5.74, 6) is 0.541. The monoisotopic (exact) mass is 553 g/mol. The van der Waals surface area contributed by atoms with Crippen molar-refractivity contribution in [2.45, 2.75) is 32.2 Å². The number of benzene rings is 2. The SMILES string of the molecule is CCCCOc1cccc(-c2nn(-c3ccccc3)cc2/C=C2\SC(=S)N(C3CCS(=O)(=O)C3)C2=O)c1. The topological polar surface area (TPSA) is 81.5 Å². The summed E-state index contributed by atoms with van der Waals surface area (Å²) in [5, 5.41) is 4.86. The lowest BCUT2D eigenvalue weighted by molar-refractivity contribution is -0.123. The van der Waals surface area contributed by atoms with Crippen molar-refractivity contribution in [3.05, 3.63) is 71.3 Å². The lowest BCUT2D eigenvalue weighted by Gasteiger charge is -2.20. The highest BCUT2D eigenvalue weighted by molar-refractivity contribution is 8.26. The molecule has 3 heterocycles. The van der Waals surface area contributed by atoms with Gasteiger partial charge in [-0.15, -0.1) is 0 Å². The molecule has 37 heavy (non-hydrogen) atoms. The summed E-state index contributed by atoms with van der Waals surface area (Å²) < 4.78 is 32.1. The minimum Gasteiger partial charge on any atom is -0.494 e. The number of unbranched alkanes of at least 4 members (excludes halogenated alkanes) is 1. The quantitative estimate of drug-likeness (QED) is 0.218. The maximum absolute atomic E-state index is 13.4. The number of aromatic nitrogens is 2. The Hall–Kier alpha value is -2.95. The number of carbonyl (C=O) groups excluding carboxylic acids is 1. The number of ether oxygens (including phenoxy) is 1. The van der Waals surface area contributed by atoms with Gasteiger partial charge in [0, 0.05) is 17.3 Å². The largest absolute Gasteiger partial charge is 0.494 e. The van der Waals surface area contributed by atoms with E-state index in [2.05, 4.69) is 6.92 Å². The van der Waals surface area contributed by atoms with E-state index in [1.54, 1.807) is 10.8 Å². The molecule has 2 saturated heterocycles. The first-order valence-electron chi connectivity index (χ1n) is 12.2. The minimum absolute atomic E-state index is 0.0469. The van der Waals surface area contributed by atoms with Gasteiger partial charge in [-0.3, -0.25) is 9.69 Å². The van der Waals surface area contributed by atoms with Crippen LogP contribution in [0, 0.1) is 0 Å². The van der Waals surface area contributed by atoms with E-state index in [-0.39, 0.29) is 17.4 Å². The van der Waals surface area contributed by atoms with Gasteiger partial charge < -0.3 is 4.74 Å². The molecule has 2 fully saturated rings. The van der Waals surface area contributed by atoms with Gasteiger partial charge in [-0.2, -0.15) is 5.10 Å². The molecule has 2 aromatic carbocycles. The molecular weight excluding hydrogens is 527 g/mol. The fourth-order valence-corrected chi connectivity index (χ4v) is 7.50. The van der Waals surface area contributed by atoms with E-state index < -0.39 is 15.9 Å². The second-order valence-corrected chi connectivity index (χ2v) is 13.0. The van der Waals surface area contributed by atoms with E-state index in [0.29, 0.717) is 27.9 Å². The van der Waals surface area contributed by atoms with Gasteiger partial charge in [-0.1, -0.05) is 67.7 Å². The zero-order valence-electron chi connectivity index (χ0n) is 20.4. The van der Waals surface area contributed by atoms with E-state index in [4.69, 9.17) is 22.1 Å². The van der Waals surface area contributed by atoms with Crippen LogP contribution in [-0.4, -0.2) is 57.5 Å². The molecule has 2 aliphatic heterocycles. The second-order valence-electron chi connectivity index (χ2n) is 9.05. The molecule has 0 aliphatic carbocycles. The number of para-hydroxylation sites is 1. The van der Waals surface area contributed by atoms with Crippen LogP contribution in [0.1, 0.15) is 31.7 Å². The summed E-state index contributed by atoms with van der Waals surface area (Å²) in [7, 11) is -3.15. The molecule has 0 bridgehead atoms.